The molecule has 138 valence electrons. The molecule has 0 bridgehead atoms. The molecule has 0 unspecified atom stereocenters. The Bertz CT molecular complexity index is 799. The zero-order valence-electron chi connectivity index (χ0n) is 14.7. The Balaban J connectivity index is 1.50. The maximum atomic E-state index is 12.1. The van der Waals surface area contributed by atoms with E-state index >= 15 is 0 Å². The van der Waals surface area contributed by atoms with E-state index < -0.39 is 5.97 Å². The van der Waals surface area contributed by atoms with E-state index in [4.69, 9.17) is 21.1 Å². The van der Waals surface area contributed by atoms with E-state index in [9.17, 15) is 9.59 Å². The van der Waals surface area contributed by atoms with Crippen LogP contribution in [0, 0.1) is 5.92 Å². The minimum Gasteiger partial charge on any atom is -0.481 e. The summed E-state index contributed by atoms with van der Waals surface area (Å²) in [5.74, 6) is 0.479. The molecule has 0 atom stereocenters. The van der Waals surface area contributed by atoms with Gasteiger partial charge in [-0.3, -0.25) is 4.79 Å². The molecule has 5 nitrogen and oxygen atoms in total. The summed E-state index contributed by atoms with van der Waals surface area (Å²) in [6, 6.07) is 11.0. The number of hydrogen-bond donors (Lipinski definition) is 0. The van der Waals surface area contributed by atoms with Crippen molar-refractivity contribution in [3.63, 3.8) is 0 Å². The number of ether oxygens (including phenoxy) is 2. The van der Waals surface area contributed by atoms with Crippen LogP contribution in [0.4, 0.5) is 0 Å². The van der Waals surface area contributed by atoms with Crippen LogP contribution < -0.4 is 4.74 Å². The molecule has 1 heterocycles. The van der Waals surface area contributed by atoms with Gasteiger partial charge in [0, 0.05) is 28.9 Å². The van der Waals surface area contributed by atoms with E-state index in [0.717, 1.165) is 36.7 Å². The molecule has 0 N–H and O–H groups in total. The van der Waals surface area contributed by atoms with Crippen LogP contribution in [0.5, 0.6) is 5.75 Å². The molecule has 1 amide bonds. The van der Waals surface area contributed by atoms with Gasteiger partial charge in [0.2, 0.25) is 0 Å². The van der Waals surface area contributed by atoms with E-state index in [1.54, 1.807) is 17.0 Å². The van der Waals surface area contributed by atoms with Crippen LogP contribution in [-0.4, -0.2) is 43.1 Å². The van der Waals surface area contributed by atoms with Crippen LogP contribution in [-0.2, 0) is 14.3 Å². The number of piperidine rings is 1. The number of hydrogen-bond acceptors (Lipinski definition) is 4. The van der Waals surface area contributed by atoms with Crippen LogP contribution in [0.3, 0.4) is 0 Å². The quantitative estimate of drug-likeness (QED) is 0.748. The fourth-order valence-corrected chi connectivity index (χ4v) is 3.26. The molecule has 1 saturated heterocycles. The molecule has 1 fully saturated rings. The van der Waals surface area contributed by atoms with Gasteiger partial charge in [-0.25, -0.2) is 4.79 Å². The molecule has 6 heteroatoms. The van der Waals surface area contributed by atoms with Crippen molar-refractivity contribution in [2.45, 2.75) is 19.8 Å². The lowest BCUT2D eigenvalue weighted by molar-refractivity contribution is -0.154. The second-order valence-corrected chi connectivity index (χ2v) is 7.01. The Labute approximate surface area is 157 Å². The van der Waals surface area contributed by atoms with Gasteiger partial charge in [0.15, 0.2) is 13.2 Å². The molecule has 26 heavy (non-hydrogen) atoms. The molecule has 0 spiro atoms. The molecule has 2 aromatic carbocycles. The second kappa shape index (κ2) is 8.41. The zero-order chi connectivity index (χ0) is 18.5. The summed E-state index contributed by atoms with van der Waals surface area (Å²) in [6.45, 7) is 3.14. The maximum Gasteiger partial charge on any atom is 0.344 e. The zero-order valence-corrected chi connectivity index (χ0v) is 15.5. The van der Waals surface area contributed by atoms with Gasteiger partial charge in [-0.1, -0.05) is 42.8 Å². The number of esters is 1. The number of fused-ring (bicyclic) bond motifs is 1. The second-order valence-electron chi connectivity index (χ2n) is 6.60. The highest BCUT2D eigenvalue weighted by Crippen LogP contribution is 2.31. The molecule has 2 aromatic rings. The first-order chi connectivity index (χ1) is 12.5. The number of benzene rings is 2. The average molecular weight is 376 g/mol. The average Bonchev–Trinajstić information content (AvgIpc) is 2.66. The third kappa shape index (κ3) is 4.47. The summed E-state index contributed by atoms with van der Waals surface area (Å²) in [5.41, 5.74) is 0. The van der Waals surface area contributed by atoms with Gasteiger partial charge < -0.3 is 14.4 Å². The Kier molecular flexibility index (Phi) is 5.99. The number of rotatable bonds is 5. The minimum absolute atomic E-state index is 0.151. The predicted molar refractivity (Wildman–Crippen MR) is 100 cm³/mol. The Morgan fingerprint density at radius 3 is 2.50 bits per heavy atom. The molecule has 1 aliphatic rings. The van der Waals surface area contributed by atoms with Crippen LogP contribution in [0.25, 0.3) is 10.8 Å². The molecule has 1 aliphatic heterocycles. The van der Waals surface area contributed by atoms with Crippen molar-refractivity contribution >= 4 is 34.2 Å². The fraction of sp³-hybridized carbons (Fsp3) is 0.400. The first-order valence-electron chi connectivity index (χ1n) is 8.78. The van der Waals surface area contributed by atoms with Crippen LogP contribution in [0.2, 0.25) is 5.02 Å². The summed E-state index contributed by atoms with van der Waals surface area (Å²) < 4.78 is 10.6. The van der Waals surface area contributed by atoms with Crippen molar-refractivity contribution in [1.82, 2.24) is 4.90 Å². The highest BCUT2D eigenvalue weighted by molar-refractivity contribution is 6.35. The smallest absolute Gasteiger partial charge is 0.344 e. The van der Waals surface area contributed by atoms with Gasteiger partial charge in [0.1, 0.15) is 5.75 Å². The van der Waals surface area contributed by atoms with Gasteiger partial charge in [0.05, 0.1) is 0 Å². The van der Waals surface area contributed by atoms with E-state index in [-0.39, 0.29) is 19.1 Å². The first-order valence-corrected chi connectivity index (χ1v) is 9.16. The lowest BCUT2D eigenvalue weighted by Gasteiger charge is -2.30. The molecule has 0 saturated carbocycles. The van der Waals surface area contributed by atoms with Crippen LogP contribution >= 0.6 is 11.6 Å². The number of carbonyl (C=O) groups excluding carboxylic acids is 2. The Morgan fingerprint density at radius 2 is 1.77 bits per heavy atom. The normalized spacial score (nSPS) is 15.1. The monoisotopic (exact) mass is 375 g/mol. The van der Waals surface area contributed by atoms with Crippen LogP contribution in [0.1, 0.15) is 19.8 Å². The summed E-state index contributed by atoms with van der Waals surface area (Å²) in [5, 5.41) is 2.30. The lowest BCUT2D eigenvalue weighted by atomic mass is 9.99. The first kappa shape index (κ1) is 18.5. The molecular formula is C20H22ClNO4. The number of amides is 1. The minimum atomic E-state index is -0.567. The van der Waals surface area contributed by atoms with Gasteiger partial charge in [0.25, 0.3) is 5.91 Å². The van der Waals surface area contributed by atoms with Crippen molar-refractivity contribution in [2.24, 2.45) is 5.92 Å². The summed E-state index contributed by atoms with van der Waals surface area (Å²) in [7, 11) is 0. The van der Waals surface area contributed by atoms with Crippen LogP contribution in [0.15, 0.2) is 36.4 Å². The van der Waals surface area contributed by atoms with Gasteiger partial charge in [-0.15, -0.1) is 0 Å². The Morgan fingerprint density at radius 1 is 1.08 bits per heavy atom. The van der Waals surface area contributed by atoms with E-state index in [1.807, 2.05) is 24.3 Å². The predicted octanol–water partition coefficient (Wildman–Crippen LogP) is 3.67. The highest BCUT2D eigenvalue weighted by atomic mass is 35.5. The largest absolute Gasteiger partial charge is 0.481 e. The third-order valence-electron chi connectivity index (χ3n) is 4.67. The number of nitrogens with zero attached hydrogens (tertiary/aromatic N) is 1. The fourth-order valence-electron chi connectivity index (χ4n) is 3.03. The van der Waals surface area contributed by atoms with Gasteiger partial charge in [-0.2, -0.15) is 0 Å². The number of carbonyl (C=O) groups is 2. The van der Waals surface area contributed by atoms with E-state index in [0.29, 0.717) is 16.7 Å². The van der Waals surface area contributed by atoms with Crippen molar-refractivity contribution in [1.29, 1.82) is 0 Å². The molecule has 0 radical (unpaired) electrons. The molecule has 3 rings (SSSR count). The Hall–Kier alpha value is -2.27. The summed E-state index contributed by atoms with van der Waals surface area (Å²) >= 11 is 6.17. The van der Waals surface area contributed by atoms with Crippen molar-refractivity contribution in [3.05, 3.63) is 41.4 Å². The number of halogens is 1. The highest BCUT2D eigenvalue weighted by Gasteiger charge is 2.21. The molecule has 0 aromatic heterocycles. The van der Waals surface area contributed by atoms with E-state index in [1.165, 1.54) is 0 Å². The maximum absolute atomic E-state index is 12.1. The topological polar surface area (TPSA) is 55.8 Å². The van der Waals surface area contributed by atoms with Gasteiger partial charge >= 0.3 is 5.97 Å². The lowest BCUT2D eigenvalue weighted by Crippen LogP contribution is -2.40. The molecule has 0 aliphatic carbocycles. The summed E-state index contributed by atoms with van der Waals surface area (Å²) in [6.07, 6.45) is 1.98. The number of likely N-dealkylation sites (tertiary alicyclic amines) is 1. The van der Waals surface area contributed by atoms with Crippen molar-refractivity contribution < 1.29 is 19.1 Å². The SMILES string of the molecule is CC1CCN(C(=O)COC(=O)COc2ccc(Cl)c3ccccc23)CC1. The van der Waals surface area contributed by atoms with Crippen molar-refractivity contribution in [3.8, 4) is 5.75 Å². The van der Waals surface area contributed by atoms with E-state index in [2.05, 4.69) is 6.92 Å². The van der Waals surface area contributed by atoms with Crippen molar-refractivity contribution in [2.75, 3.05) is 26.3 Å². The molecular weight excluding hydrogens is 354 g/mol. The van der Waals surface area contributed by atoms with Gasteiger partial charge in [-0.05, 0) is 30.9 Å². The standard InChI is InChI=1S/C20H22ClNO4/c1-14-8-10-22(11-9-14)19(23)12-26-20(24)13-25-18-7-6-17(21)15-4-2-3-5-16(15)18/h2-7,14H,8-13H2,1H3. The third-order valence-corrected chi connectivity index (χ3v) is 5.00. The summed E-state index contributed by atoms with van der Waals surface area (Å²) in [4.78, 5) is 25.8.